The van der Waals surface area contributed by atoms with Crippen molar-refractivity contribution < 1.29 is 0 Å². The van der Waals surface area contributed by atoms with E-state index < -0.39 is 0 Å². The molecule has 0 aliphatic rings. The Morgan fingerprint density at radius 1 is 1.06 bits per heavy atom. The first-order chi connectivity index (χ1) is 8.42. The van der Waals surface area contributed by atoms with Crippen molar-refractivity contribution in [2.75, 3.05) is 0 Å². The Morgan fingerprint density at radius 2 is 2.06 bits per heavy atom. The number of hydrogen-bond donors (Lipinski definition) is 0. The first-order valence-corrected chi connectivity index (χ1v) is 6.10. The minimum absolute atomic E-state index is 1.03. The summed E-state index contributed by atoms with van der Waals surface area (Å²) in [5.74, 6) is 0. The van der Waals surface area contributed by atoms with Crippen molar-refractivity contribution >= 4 is 42.5 Å². The van der Waals surface area contributed by atoms with Crippen molar-refractivity contribution in [1.29, 1.82) is 0 Å². The Morgan fingerprint density at radius 3 is 3.06 bits per heavy atom. The van der Waals surface area contributed by atoms with Crippen LogP contribution in [-0.4, -0.2) is 15.0 Å². The molecule has 4 aromatic rings. The lowest BCUT2D eigenvalue weighted by Gasteiger charge is -1.96. The van der Waals surface area contributed by atoms with Crippen LogP contribution in [0.1, 0.15) is 0 Å². The molecule has 0 unspecified atom stereocenters. The molecule has 0 fully saturated rings. The molecule has 0 saturated heterocycles. The molecular weight excluding hydrogens is 230 g/mol. The summed E-state index contributed by atoms with van der Waals surface area (Å²) >= 11 is 1.69. The maximum Gasteiger partial charge on any atom is 0.127 e. The van der Waals surface area contributed by atoms with Crippen LogP contribution in [0.15, 0.2) is 43.0 Å². The Kier molecular flexibility index (Phi) is 1.70. The van der Waals surface area contributed by atoms with Gasteiger partial charge in [-0.3, -0.25) is 4.98 Å². The molecule has 0 saturated carbocycles. The zero-order valence-electron chi connectivity index (χ0n) is 8.79. The van der Waals surface area contributed by atoms with E-state index in [0.29, 0.717) is 0 Å². The van der Waals surface area contributed by atoms with E-state index in [1.165, 1.54) is 10.1 Å². The third-order valence-corrected chi connectivity index (χ3v) is 3.95. The zero-order valence-corrected chi connectivity index (χ0v) is 9.61. The molecule has 3 heterocycles. The van der Waals surface area contributed by atoms with Crippen LogP contribution in [0.25, 0.3) is 31.2 Å². The monoisotopic (exact) mass is 237 g/mol. The molecule has 0 aliphatic carbocycles. The largest absolute Gasteiger partial charge is 0.256 e. The molecular formula is C13H7N3S. The fourth-order valence-electron chi connectivity index (χ4n) is 2.08. The van der Waals surface area contributed by atoms with Gasteiger partial charge in [0.15, 0.2) is 0 Å². The maximum absolute atomic E-state index is 4.37. The molecule has 0 atom stereocenters. The van der Waals surface area contributed by atoms with Gasteiger partial charge in [-0.1, -0.05) is 6.07 Å². The molecule has 4 heteroatoms. The third-order valence-electron chi connectivity index (χ3n) is 2.88. The van der Waals surface area contributed by atoms with Gasteiger partial charge in [-0.2, -0.15) is 0 Å². The number of thiophene rings is 1. The topological polar surface area (TPSA) is 38.7 Å². The average Bonchev–Trinajstić information content (AvgIpc) is 2.73. The number of pyridine rings is 1. The van der Waals surface area contributed by atoms with Crippen molar-refractivity contribution in [3.05, 3.63) is 43.0 Å². The van der Waals surface area contributed by atoms with Gasteiger partial charge >= 0.3 is 0 Å². The van der Waals surface area contributed by atoms with E-state index in [0.717, 1.165) is 21.1 Å². The van der Waals surface area contributed by atoms with Crippen LogP contribution >= 0.6 is 11.3 Å². The standard InChI is InChI=1S/C13H7N3S/c1-2-8-4-9-10-6-14-7-16-13(10)17-12(9)5-11(8)15-3-1/h1-7H. The van der Waals surface area contributed by atoms with Gasteiger partial charge in [0.25, 0.3) is 0 Å². The summed E-state index contributed by atoms with van der Waals surface area (Å²) in [5.41, 5.74) is 1.03. The zero-order chi connectivity index (χ0) is 11.2. The van der Waals surface area contributed by atoms with Crippen molar-refractivity contribution in [3.8, 4) is 0 Å². The molecule has 0 aliphatic heterocycles. The van der Waals surface area contributed by atoms with E-state index >= 15 is 0 Å². The van der Waals surface area contributed by atoms with E-state index in [2.05, 4.69) is 33.2 Å². The number of aromatic nitrogens is 3. The second-order valence-corrected chi connectivity index (χ2v) is 4.92. The van der Waals surface area contributed by atoms with E-state index in [-0.39, 0.29) is 0 Å². The Labute approximate surface area is 101 Å². The minimum atomic E-state index is 1.03. The molecule has 0 N–H and O–H groups in total. The van der Waals surface area contributed by atoms with Crippen molar-refractivity contribution in [1.82, 2.24) is 15.0 Å². The van der Waals surface area contributed by atoms with E-state index in [1.807, 2.05) is 18.5 Å². The summed E-state index contributed by atoms with van der Waals surface area (Å²) in [6.07, 6.45) is 5.29. The van der Waals surface area contributed by atoms with Crippen LogP contribution in [0, 0.1) is 0 Å². The van der Waals surface area contributed by atoms with Crippen molar-refractivity contribution in [2.45, 2.75) is 0 Å². The second-order valence-electron chi connectivity index (χ2n) is 3.89. The number of fused-ring (bicyclic) bond motifs is 4. The summed E-state index contributed by atoms with van der Waals surface area (Å²) in [7, 11) is 0. The normalized spacial score (nSPS) is 11.5. The average molecular weight is 237 g/mol. The molecule has 3 aromatic heterocycles. The van der Waals surface area contributed by atoms with Crippen LogP contribution in [0.3, 0.4) is 0 Å². The highest BCUT2D eigenvalue weighted by Crippen LogP contribution is 2.34. The second kappa shape index (κ2) is 3.21. The van der Waals surface area contributed by atoms with Crippen molar-refractivity contribution in [2.24, 2.45) is 0 Å². The van der Waals surface area contributed by atoms with Gasteiger partial charge < -0.3 is 0 Å². The summed E-state index contributed by atoms with van der Waals surface area (Å²) in [6, 6.07) is 8.32. The Hall–Kier alpha value is -2.07. The van der Waals surface area contributed by atoms with Crippen LogP contribution in [0.5, 0.6) is 0 Å². The molecule has 1 aromatic carbocycles. The molecule has 3 nitrogen and oxygen atoms in total. The lowest BCUT2D eigenvalue weighted by atomic mass is 10.1. The Balaban J connectivity index is 2.28. The van der Waals surface area contributed by atoms with Gasteiger partial charge in [-0.15, -0.1) is 11.3 Å². The highest BCUT2D eigenvalue weighted by molar-refractivity contribution is 7.25. The summed E-state index contributed by atoms with van der Waals surface area (Å²) in [4.78, 5) is 13.8. The molecule has 17 heavy (non-hydrogen) atoms. The lowest BCUT2D eigenvalue weighted by molar-refractivity contribution is 1.24. The molecule has 0 amide bonds. The molecule has 0 radical (unpaired) electrons. The first-order valence-electron chi connectivity index (χ1n) is 5.29. The van der Waals surface area contributed by atoms with Gasteiger partial charge in [0.1, 0.15) is 11.2 Å². The lowest BCUT2D eigenvalue weighted by Crippen LogP contribution is -1.77. The van der Waals surface area contributed by atoms with Crippen LogP contribution in [-0.2, 0) is 0 Å². The van der Waals surface area contributed by atoms with Crippen molar-refractivity contribution in [3.63, 3.8) is 0 Å². The maximum atomic E-state index is 4.37. The smallest absolute Gasteiger partial charge is 0.127 e. The molecule has 80 valence electrons. The predicted molar refractivity (Wildman–Crippen MR) is 70.2 cm³/mol. The quantitative estimate of drug-likeness (QED) is 0.470. The van der Waals surface area contributed by atoms with Gasteiger partial charge in [0.2, 0.25) is 0 Å². The SMILES string of the molecule is c1cnc2cc3sc4ncncc4c3cc2c1. The summed E-state index contributed by atoms with van der Waals surface area (Å²) in [5, 5.41) is 3.49. The highest BCUT2D eigenvalue weighted by Gasteiger charge is 2.07. The van der Waals surface area contributed by atoms with E-state index in [4.69, 9.17) is 0 Å². The predicted octanol–water partition coefficient (Wildman–Crippen LogP) is 3.39. The van der Waals surface area contributed by atoms with Gasteiger partial charge in [0.05, 0.1) is 5.52 Å². The Bertz CT molecular complexity index is 845. The summed E-state index contributed by atoms with van der Waals surface area (Å²) < 4.78 is 1.21. The third kappa shape index (κ3) is 1.24. The van der Waals surface area contributed by atoms with Gasteiger partial charge in [-0.25, -0.2) is 9.97 Å². The summed E-state index contributed by atoms with van der Waals surface area (Å²) in [6.45, 7) is 0. The van der Waals surface area contributed by atoms with Crippen LogP contribution in [0.4, 0.5) is 0 Å². The fourth-order valence-corrected chi connectivity index (χ4v) is 3.11. The number of hydrogen-bond acceptors (Lipinski definition) is 4. The van der Waals surface area contributed by atoms with Gasteiger partial charge in [0, 0.05) is 33.3 Å². The van der Waals surface area contributed by atoms with E-state index in [9.17, 15) is 0 Å². The number of nitrogens with zero attached hydrogens (tertiary/aromatic N) is 3. The highest BCUT2D eigenvalue weighted by atomic mass is 32.1. The van der Waals surface area contributed by atoms with Gasteiger partial charge in [-0.05, 0) is 18.2 Å². The molecule has 4 rings (SSSR count). The first kappa shape index (κ1) is 9.01. The minimum Gasteiger partial charge on any atom is -0.256 e. The van der Waals surface area contributed by atoms with Crippen LogP contribution in [0.2, 0.25) is 0 Å². The number of rotatable bonds is 0. The molecule has 0 spiro atoms. The molecule has 0 bridgehead atoms. The van der Waals surface area contributed by atoms with Crippen LogP contribution < -0.4 is 0 Å². The fraction of sp³-hybridized carbons (Fsp3) is 0. The van der Waals surface area contributed by atoms with E-state index in [1.54, 1.807) is 17.7 Å². The number of benzene rings is 1.